The zero-order chi connectivity index (χ0) is 12.4. The van der Waals surface area contributed by atoms with Crippen LogP contribution in [0.5, 0.6) is 0 Å². The van der Waals surface area contributed by atoms with Gasteiger partial charge in [0.15, 0.2) is 0 Å². The number of amides is 1. The molecule has 2 fully saturated rings. The first-order chi connectivity index (χ1) is 8.17. The monoisotopic (exact) mass is 238 g/mol. The van der Waals surface area contributed by atoms with Crippen LogP contribution in [0, 0.1) is 17.8 Å². The summed E-state index contributed by atoms with van der Waals surface area (Å²) in [5.41, 5.74) is 0. The van der Waals surface area contributed by atoms with Crippen molar-refractivity contribution in [2.45, 2.75) is 46.1 Å². The Kier molecular flexibility index (Phi) is 4.08. The smallest absolute Gasteiger partial charge is 0.223 e. The fourth-order valence-electron chi connectivity index (χ4n) is 3.76. The summed E-state index contributed by atoms with van der Waals surface area (Å²) in [5.74, 6) is 2.55. The molecule has 3 nitrogen and oxygen atoms in total. The molecule has 1 amide bonds. The van der Waals surface area contributed by atoms with Crippen molar-refractivity contribution in [3.8, 4) is 0 Å². The number of hydrogen-bond donors (Lipinski definition) is 1. The molecule has 0 aromatic carbocycles. The molecule has 1 heterocycles. The molecule has 17 heavy (non-hydrogen) atoms. The van der Waals surface area contributed by atoms with Crippen LogP contribution in [0.1, 0.15) is 40.0 Å². The third-order valence-electron chi connectivity index (χ3n) is 4.76. The van der Waals surface area contributed by atoms with Crippen molar-refractivity contribution in [1.82, 2.24) is 10.2 Å². The Morgan fingerprint density at radius 3 is 2.82 bits per heavy atom. The molecule has 1 aliphatic carbocycles. The lowest BCUT2D eigenvalue weighted by Crippen LogP contribution is -2.49. The highest BCUT2D eigenvalue weighted by molar-refractivity contribution is 5.76. The highest BCUT2D eigenvalue weighted by atomic mass is 16.2. The topological polar surface area (TPSA) is 32.3 Å². The predicted molar refractivity (Wildman–Crippen MR) is 69.7 cm³/mol. The molecule has 0 aromatic rings. The first-order valence-electron chi connectivity index (χ1n) is 7.18. The van der Waals surface area contributed by atoms with E-state index in [0.29, 0.717) is 24.3 Å². The van der Waals surface area contributed by atoms with Gasteiger partial charge in [-0.2, -0.15) is 0 Å². The molecular weight excluding hydrogens is 212 g/mol. The van der Waals surface area contributed by atoms with Crippen LogP contribution in [0.15, 0.2) is 0 Å². The van der Waals surface area contributed by atoms with Crippen molar-refractivity contribution in [3.63, 3.8) is 0 Å². The van der Waals surface area contributed by atoms with Gasteiger partial charge in [-0.15, -0.1) is 0 Å². The van der Waals surface area contributed by atoms with E-state index >= 15 is 0 Å². The first kappa shape index (κ1) is 12.9. The van der Waals surface area contributed by atoms with E-state index in [0.717, 1.165) is 31.5 Å². The quantitative estimate of drug-likeness (QED) is 0.796. The number of carbonyl (C=O) groups is 1. The standard InChI is InChI=1S/C14H26N2O/c1-4-11-8-10(3)14-12(11)9-16(5-2)13(17)6-7-15-14/h10-12,14-15H,4-9H2,1-3H3. The van der Waals surface area contributed by atoms with Crippen LogP contribution in [0.25, 0.3) is 0 Å². The second-order valence-corrected chi connectivity index (χ2v) is 5.71. The van der Waals surface area contributed by atoms with Crippen LogP contribution in [0.4, 0.5) is 0 Å². The summed E-state index contributed by atoms with van der Waals surface area (Å²) in [7, 11) is 0. The Hall–Kier alpha value is -0.570. The van der Waals surface area contributed by atoms with Crippen LogP contribution in [0.2, 0.25) is 0 Å². The summed E-state index contributed by atoms with van der Waals surface area (Å²) in [6, 6.07) is 0.627. The number of carbonyl (C=O) groups excluding carboxylic acids is 1. The van der Waals surface area contributed by atoms with E-state index in [4.69, 9.17) is 0 Å². The van der Waals surface area contributed by atoms with E-state index in [9.17, 15) is 4.79 Å². The molecule has 0 bridgehead atoms. The van der Waals surface area contributed by atoms with Gasteiger partial charge in [0.2, 0.25) is 5.91 Å². The summed E-state index contributed by atoms with van der Waals surface area (Å²) in [4.78, 5) is 14.0. The van der Waals surface area contributed by atoms with E-state index < -0.39 is 0 Å². The van der Waals surface area contributed by atoms with Gasteiger partial charge in [-0.1, -0.05) is 20.3 Å². The minimum absolute atomic E-state index is 0.327. The molecule has 1 N–H and O–H groups in total. The van der Waals surface area contributed by atoms with Gasteiger partial charge >= 0.3 is 0 Å². The maximum Gasteiger partial charge on any atom is 0.223 e. The zero-order valence-electron chi connectivity index (χ0n) is 11.4. The van der Waals surface area contributed by atoms with Crippen LogP contribution in [-0.4, -0.2) is 36.5 Å². The van der Waals surface area contributed by atoms with E-state index in [1.807, 2.05) is 0 Å². The number of nitrogens with one attached hydrogen (secondary N) is 1. The van der Waals surface area contributed by atoms with Gasteiger partial charge in [-0.25, -0.2) is 0 Å². The number of hydrogen-bond acceptors (Lipinski definition) is 2. The maximum absolute atomic E-state index is 11.9. The lowest BCUT2D eigenvalue weighted by Gasteiger charge is -2.34. The average Bonchev–Trinajstić information content (AvgIpc) is 2.59. The Morgan fingerprint density at radius 2 is 2.18 bits per heavy atom. The molecule has 1 saturated heterocycles. The minimum Gasteiger partial charge on any atom is -0.343 e. The Labute approximate surface area is 105 Å². The van der Waals surface area contributed by atoms with Gasteiger partial charge in [-0.05, 0) is 31.1 Å². The van der Waals surface area contributed by atoms with Gasteiger partial charge in [0.1, 0.15) is 0 Å². The SMILES string of the molecule is CCC1CC(C)C2NCCC(=O)N(CC)CC12. The van der Waals surface area contributed by atoms with E-state index in [1.54, 1.807) is 0 Å². The summed E-state index contributed by atoms with van der Waals surface area (Å²) in [6.07, 6.45) is 3.24. The van der Waals surface area contributed by atoms with Crippen molar-refractivity contribution in [3.05, 3.63) is 0 Å². The normalized spacial score (nSPS) is 38.8. The van der Waals surface area contributed by atoms with Gasteiger partial charge in [0.05, 0.1) is 0 Å². The molecule has 2 rings (SSSR count). The van der Waals surface area contributed by atoms with Crippen LogP contribution < -0.4 is 5.32 Å². The van der Waals surface area contributed by atoms with Crippen molar-refractivity contribution < 1.29 is 4.79 Å². The third-order valence-corrected chi connectivity index (χ3v) is 4.76. The van der Waals surface area contributed by atoms with Crippen molar-refractivity contribution in [2.75, 3.05) is 19.6 Å². The summed E-state index contributed by atoms with van der Waals surface area (Å²) < 4.78 is 0. The summed E-state index contributed by atoms with van der Waals surface area (Å²) in [6.45, 7) is 9.44. The van der Waals surface area contributed by atoms with Gasteiger partial charge < -0.3 is 10.2 Å². The molecule has 0 radical (unpaired) electrons. The van der Waals surface area contributed by atoms with Crippen LogP contribution >= 0.6 is 0 Å². The predicted octanol–water partition coefficient (Wildman–Crippen LogP) is 1.88. The van der Waals surface area contributed by atoms with Crippen molar-refractivity contribution in [2.24, 2.45) is 17.8 Å². The molecule has 0 aromatic heterocycles. The van der Waals surface area contributed by atoms with Crippen LogP contribution in [0.3, 0.4) is 0 Å². The first-order valence-corrected chi connectivity index (χ1v) is 7.18. The molecule has 1 saturated carbocycles. The number of fused-ring (bicyclic) bond motifs is 1. The maximum atomic E-state index is 11.9. The molecule has 0 spiro atoms. The number of nitrogens with zero attached hydrogens (tertiary/aromatic N) is 1. The van der Waals surface area contributed by atoms with Gasteiger partial charge in [-0.3, -0.25) is 4.79 Å². The lowest BCUT2D eigenvalue weighted by atomic mass is 9.89. The van der Waals surface area contributed by atoms with E-state index in [-0.39, 0.29) is 0 Å². The second-order valence-electron chi connectivity index (χ2n) is 5.71. The molecule has 98 valence electrons. The molecule has 3 heteroatoms. The average molecular weight is 238 g/mol. The molecule has 2 aliphatic rings. The lowest BCUT2D eigenvalue weighted by molar-refractivity contribution is -0.132. The fourth-order valence-corrected chi connectivity index (χ4v) is 3.76. The zero-order valence-corrected chi connectivity index (χ0v) is 11.4. The Bertz CT molecular complexity index is 279. The van der Waals surface area contributed by atoms with Crippen LogP contribution in [-0.2, 0) is 4.79 Å². The molecule has 1 aliphatic heterocycles. The van der Waals surface area contributed by atoms with Crippen molar-refractivity contribution >= 4 is 5.91 Å². The second kappa shape index (κ2) is 5.38. The van der Waals surface area contributed by atoms with E-state index in [1.165, 1.54) is 12.8 Å². The fraction of sp³-hybridized carbons (Fsp3) is 0.929. The summed E-state index contributed by atoms with van der Waals surface area (Å²) >= 11 is 0. The third kappa shape index (κ3) is 2.49. The molecule has 4 atom stereocenters. The van der Waals surface area contributed by atoms with Gasteiger partial charge in [0.25, 0.3) is 0 Å². The van der Waals surface area contributed by atoms with Crippen molar-refractivity contribution in [1.29, 1.82) is 0 Å². The minimum atomic E-state index is 0.327. The highest BCUT2D eigenvalue weighted by Crippen LogP contribution is 2.39. The van der Waals surface area contributed by atoms with Gasteiger partial charge in [0, 0.05) is 32.1 Å². The Morgan fingerprint density at radius 1 is 1.41 bits per heavy atom. The molecule has 4 unspecified atom stereocenters. The summed E-state index contributed by atoms with van der Waals surface area (Å²) in [5, 5.41) is 3.63. The largest absolute Gasteiger partial charge is 0.343 e. The Balaban J connectivity index is 2.14. The highest BCUT2D eigenvalue weighted by Gasteiger charge is 2.41. The van der Waals surface area contributed by atoms with E-state index in [2.05, 4.69) is 31.0 Å². The molecular formula is C14H26N2O. The number of rotatable bonds is 2.